The van der Waals surface area contributed by atoms with E-state index in [9.17, 15) is 4.79 Å². The van der Waals surface area contributed by atoms with E-state index in [0.717, 1.165) is 5.69 Å². The molecule has 0 atom stereocenters. The molecule has 94 valence electrons. The fraction of sp³-hybridized carbons (Fsp3) is 0.667. The highest BCUT2D eigenvalue weighted by atomic mass is 16.5. The number of aromatic nitrogens is 2. The number of hydrogen-bond donors (Lipinski definition) is 0. The Morgan fingerprint density at radius 3 is 2.59 bits per heavy atom. The van der Waals surface area contributed by atoms with E-state index in [0.29, 0.717) is 37.9 Å². The summed E-state index contributed by atoms with van der Waals surface area (Å²) in [6, 6.07) is 1.89. The smallest absolute Gasteiger partial charge is 0.272 e. The summed E-state index contributed by atoms with van der Waals surface area (Å²) in [7, 11) is 1.82. The molecular weight excluding hydrogens is 218 g/mol. The van der Waals surface area contributed by atoms with Crippen LogP contribution in [0.4, 0.5) is 0 Å². The molecule has 0 N–H and O–H groups in total. The van der Waals surface area contributed by atoms with E-state index in [4.69, 9.17) is 4.74 Å². The van der Waals surface area contributed by atoms with Gasteiger partial charge in [-0.25, -0.2) is 0 Å². The normalized spacial score (nSPS) is 16.6. The molecule has 0 unspecified atom stereocenters. The molecule has 1 aromatic rings. The molecule has 0 spiro atoms. The number of rotatable bonds is 2. The second-order valence-corrected chi connectivity index (χ2v) is 4.64. The van der Waals surface area contributed by atoms with Crippen molar-refractivity contribution in [1.29, 1.82) is 0 Å². The first-order valence-corrected chi connectivity index (χ1v) is 6.00. The predicted molar refractivity (Wildman–Crippen MR) is 64.0 cm³/mol. The lowest BCUT2D eigenvalue weighted by atomic mass is 10.1. The molecule has 2 rings (SSSR count). The fourth-order valence-electron chi connectivity index (χ4n) is 1.90. The minimum Gasteiger partial charge on any atom is -0.378 e. The lowest BCUT2D eigenvalue weighted by Gasteiger charge is -2.26. The van der Waals surface area contributed by atoms with Gasteiger partial charge in [0.05, 0.1) is 18.9 Å². The van der Waals surface area contributed by atoms with E-state index in [2.05, 4.69) is 18.9 Å². The van der Waals surface area contributed by atoms with E-state index >= 15 is 0 Å². The number of carbonyl (C=O) groups excluding carboxylic acids is 1. The van der Waals surface area contributed by atoms with Crippen LogP contribution in [0.15, 0.2) is 6.07 Å². The molecule has 1 aliphatic rings. The van der Waals surface area contributed by atoms with Crippen molar-refractivity contribution in [2.45, 2.75) is 19.8 Å². The molecule has 0 saturated carbocycles. The minimum absolute atomic E-state index is 0.0511. The van der Waals surface area contributed by atoms with Gasteiger partial charge in [-0.1, -0.05) is 13.8 Å². The molecule has 0 bridgehead atoms. The third kappa shape index (κ3) is 2.49. The Hall–Kier alpha value is -1.36. The van der Waals surface area contributed by atoms with Gasteiger partial charge in [0.2, 0.25) is 0 Å². The van der Waals surface area contributed by atoms with Crippen LogP contribution in [-0.2, 0) is 11.8 Å². The highest BCUT2D eigenvalue weighted by Gasteiger charge is 2.22. The highest BCUT2D eigenvalue weighted by Crippen LogP contribution is 2.15. The third-order valence-corrected chi connectivity index (χ3v) is 3.01. The lowest BCUT2D eigenvalue weighted by molar-refractivity contribution is 0.0295. The lowest BCUT2D eigenvalue weighted by Crippen LogP contribution is -2.41. The van der Waals surface area contributed by atoms with Gasteiger partial charge in [0.25, 0.3) is 5.91 Å². The van der Waals surface area contributed by atoms with Crippen molar-refractivity contribution in [2.24, 2.45) is 7.05 Å². The molecular formula is C12H19N3O2. The third-order valence-electron chi connectivity index (χ3n) is 3.01. The van der Waals surface area contributed by atoms with Crippen LogP contribution in [0.1, 0.15) is 35.9 Å². The molecule has 1 saturated heterocycles. The molecule has 2 heterocycles. The maximum absolute atomic E-state index is 12.3. The Bertz CT molecular complexity index is 406. The Labute approximate surface area is 101 Å². The van der Waals surface area contributed by atoms with Gasteiger partial charge >= 0.3 is 0 Å². The first-order chi connectivity index (χ1) is 8.09. The summed E-state index contributed by atoms with van der Waals surface area (Å²) in [6.45, 7) is 6.74. The molecule has 0 aromatic carbocycles. The second kappa shape index (κ2) is 4.87. The van der Waals surface area contributed by atoms with Crippen molar-refractivity contribution in [2.75, 3.05) is 26.3 Å². The van der Waals surface area contributed by atoms with E-state index in [1.165, 1.54) is 0 Å². The molecule has 5 nitrogen and oxygen atoms in total. The molecule has 5 heteroatoms. The standard InChI is InChI=1S/C12H19N3O2/c1-9(2)10-8-11(14(3)13-10)12(16)15-4-6-17-7-5-15/h8-9H,4-7H2,1-3H3. The summed E-state index contributed by atoms with van der Waals surface area (Å²) in [5.41, 5.74) is 1.62. The summed E-state index contributed by atoms with van der Waals surface area (Å²) in [5.74, 6) is 0.391. The first kappa shape index (κ1) is 12.1. The molecule has 0 aliphatic carbocycles. The summed E-state index contributed by atoms with van der Waals surface area (Å²) < 4.78 is 6.92. The molecule has 1 fully saturated rings. The number of aryl methyl sites for hydroxylation is 1. The van der Waals surface area contributed by atoms with Crippen LogP contribution in [-0.4, -0.2) is 46.9 Å². The summed E-state index contributed by atoms with van der Waals surface area (Å²) in [6.07, 6.45) is 0. The van der Waals surface area contributed by atoms with Crippen molar-refractivity contribution in [3.63, 3.8) is 0 Å². The van der Waals surface area contributed by atoms with Crippen LogP contribution in [0.3, 0.4) is 0 Å². The van der Waals surface area contributed by atoms with Crippen molar-refractivity contribution in [3.8, 4) is 0 Å². The molecule has 1 aliphatic heterocycles. The fourth-order valence-corrected chi connectivity index (χ4v) is 1.90. The van der Waals surface area contributed by atoms with Crippen LogP contribution in [0, 0.1) is 0 Å². The minimum atomic E-state index is 0.0511. The van der Waals surface area contributed by atoms with Crippen molar-refractivity contribution < 1.29 is 9.53 Å². The van der Waals surface area contributed by atoms with Gasteiger partial charge in [0, 0.05) is 20.1 Å². The first-order valence-electron chi connectivity index (χ1n) is 6.00. The summed E-state index contributed by atoms with van der Waals surface area (Å²) in [4.78, 5) is 14.1. The van der Waals surface area contributed by atoms with Gasteiger partial charge in [0.1, 0.15) is 5.69 Å². The number of hydrogen-bond acceptors (Lipinski definition) is 3. The zero-order chi connectivity index (χ0) is 12.4. The molecule has 1 aromatic heterocycles. The summed E-state index contributed by atoms with van der Waals surface area (Å²) >= 11 is 0. The SMILES string of the molecule is CC(C)c1cc(C(=O)N2CCOCC2)n(C)n1. The Balaban J connectivity index is 2.18. The Morgan fingerprint density at radius 1 is 1.41 bits per heavy atom. The Kier molecular flexibility index (Phi) is 3.47. The van der Waals surface area contributed by atoms with E-state index in [1.807, 2.05) is 18.0 Å². The number of ether oxygens (including phenoxy) is 1. The van der Waals surface area contributed by atoms with Crippen molar-refractivity contribution >= 4 is 5.91 Å². The average Bonchev–Trinajstić information content (AvgIpc) is 2.72. The maximum atomic E-state index is 12.3. The van der Waals surface area contributed by atoms with Gasteiger partial charge < -0.3 is 9.64 Å². The van der Waals surface area contributed by atoms with E-state index < -0.39 is 0 Å². The largest absolute Gasteiger partial charge is 0.378 e. The quantitative estimate of drug-likeness (QED) is 0.771. The van der Waals surface area contributed by atoms with Gasteiger partial charge in [-0.15, -0.1) is 0 Å². The van der Waals surface area contributed by atoms with E-state index in [1.54, 1.807) is 4.68 Å². The zero-order valence-corrected chi connectivity index (χ0v) is 10.6. The van der Waals surface area contributed by atoms with Crippen molar-refractivity contribution in [1.82, 2.24) is 14.7 Å². The number of amides is 1. The van der Waals surface area contributed by atoms with Gasteiger partial charge in [-0.3, -0.25) is 9.48 Å². The van der Waals surface area contributed by atoms with Crippen LogP contribution in [0.2, 0.25) is 0 Å². The van der Waals surface area contributed by atoms with Crippen molar-refractivity contribution in [3.05, 3.63) is 17.5 Å². The molecule has 0 radical (unpaired) electrons. The van der Waals surface area contributed by atoms with E-state index in [-0.39, 0.29) is 5.91 Å². The second-order valence-electron chi connectivity index (χ2n) is 4.64. The topological polar surface area (TPSA) is 47.4 Å². The molecule has 1 amide bonds. The summed E-state index contributed by atoms with van der Waals surface area (Å²) in [5, 5.41) is 4.36. The molecule has 17 heavy (non-hydrogen) atoms. The zero-order valence-electron chi connectivity index (χ0n) is 10.6. The van der Waals surface area contributed by atoms with Gasteiger partial charge in [-0.05, 0) is 12.0 Å². The highest BCUT2D eigenvalue weighted by molar-refractivity contribution is 5.92. The number of nitrogens with zero attached hydrogens (tertiary/aromatic N) is 3. The van der Waals surface area contributed by atoms with Gasteiger partial charge in [-0.2, -0.15) is 5.10 Å². The van der Waals surface area contributed by atoms with Gasteiger partial charge in [0.15, 0.2) is 0 Å². The van der Waals surface area contributed by atoms with Crippen LogP contribution < -0.4 is 0 Å². The number of morpholine rings is 1. The predicted octanol–water partition coefficient (Wildman–Crippen LogP) is 1.02. The monoisotopic (exact) mass is 237 g/mol. The Morgan fingerprint density at radius 2 is 2.06 bits per heavy atom. The van der Waals surface area contributed by atoms with Crippen LogP contribution in [0.25, 0.3) is 0 Å². The maximum Gasteiger partial charge on any atom is 0.272 e. The van der Waals surface area contributed by atoms with Crippen LogP contribution >= 0.6 is 0 Å². The van der Waals surface area contributed by atoms with Crippen LogP contribution in [0.5, 0.6) is 0 Å². The average molecular weight is 237 g/mol. The number of carbonyl (C=O) groups is 1.